The van der Waals surface area contributed by atoms with Crippen LogP contribution < -0.4 is 0 Å². The summed E-state index contributed by atoms with van der Waals surface area (Å²) in [5.41, 5.74) is 1.70. The van der Waals surface area contributed by atoms with Gasteiger partial charge in [0.15, 0.2) is 5.76 Å². The number of carbonyl (C=O) groups excluding carboxylic acids is 1. The molecule has 1 aromatic heterocycles. The summed E-state index contributed by atoms with van der Waals surface area (Å²) in [6.07, 6.45) is 0. The third-order valence-corrected chi connectivity index (χ3v) is 2.88. The van der Waals surface area contributed by atoms with Crippen LogP contribution in [0.4, 0.5) is 0 Å². The van der Waals surface area contributed by atoms with Crippen molar-refractivity contribution in [2.24, 2.45) is 0 Å². The Morgan fingerprint density at radius 1 is 1.32 bits per heavy atom. The number of aryl methyl sites for hydroxylation is 1. The highest BCUT2D eigenvalue weighted by molar-refractivity contribution is 5.97. The third-order valence-electron chi connectivity index (χ3n) is 2.88. The highest BCUT2D eigenvalue weighted by atomic mass is 16.4. The van der Waals surface area contributed by atoms with E-state index in [0.29, 0.717) is 12.1 Å². The summed E-state index contributed by atoms with van der Waals surface area (Å²) in [6.45, 7) is 3.68. The van der Waals surface area contributed by atoms with Gasteiger partial charge < -0.3 is 14.4 Å². The second-order valence-corrected chi connectivity index (χ2v) is 4.36. The van der Waals surface area contributed by atoms with Gasteiger partial charge in [0.05, 0.1) is 0 Å². The molecule has 0 aliphatic carbocycles. The molecule has 5 nitrogen and oxygen atoms in total. The molecule has 5 heteroatoms. The molecule has 1 heterocycles. The van der Waals surface area contributed by atoms with Crippen molar-refractivity contribution in [3.05, 3.63) is 35.6 Å². The molecule has 0 bridgehead atoms. The van der Waals surface area contributed by atoms with Gasteiger partial charge in [-0.15, -0.1) is 0 Å². The smallest absolute Gasteiger partial charge is 0.323 e. The Morgan fingerprint density at radius 3 is 2.68 bits per heavy atom. The molecule has 0 fully saturated rings. The number of carboxylic acids is 1. The first-order valence-electron chi connectivity index (χ1n) is 6.02. The van der Waals surface area contributed by atoms with E-state index in [1.807, 2.05) is 19.1 Å². The zero-order chi connectivity index (χ0) is 14.0. The number of benzene rings is 1. The Kier molecular flexibility index (Phi) is 3.55. The minimum atomic E-state index is -1.04. The van der Waals surface area contributed by atoms with Crippen molar-refractivity contribution in [3.63, 3.8) is 0 Å². The van der Waals surface area contributed by atoms with E-state index >= 15 is 0 Å². The topological polar surface area (TPSA) is 70.8 Å². The number of rotatable bonds is 4. The number of aliphatic carboxylic acids is 1. The molecule has 1 amide bonds. The average Bonchev–Trinajstić information content (AvgIpc) is 2.77. The van der Waals surface area contributed by atoms with Crippen LogP contribution in [0.3, 0.4) is 0 Å². The summed E-state index contributed by atoms with van der Waals surface area (Å²) in [5, 5.41) is 9.60. The average molecular weight is 261 g/mol. The summed E-state index contributed by atoms with van der Waals surface area (Å²) >= 11 is 0. The lowest BCUT2D eigenvalue weighted by molar-refractivity contribution is -0.137. The summed E-state index contributed by atoms with van der Waals surface area (Å²) in [6, 6.07) is 7.27. The first-order valence-corrected chi connectivity index (χ1v) is 6.02. The fourth-order valence-electron chi connectivity index (χ4n) is 1.91. The number of hydrogen-bond donors (Lipinski definition) is 1. The van der Waals surface area contributed by atoms with E-state index in [4.69, 9.17) is 9.52 Å². The fourth-order valence-corrected chi connectivity index (χ4v) is 1.91. The van der Waals surface area contributed by atoms with Crippen LogP contribution in [0.15, 0.2) is 28.7 Å². The van der Waals surface area contributed by atoms with Gasteiger partial charge in [-0.25, -0.2) is 0 Å². The van der Waals surface area contributed by atoms with Crippen molar-refractivity contribution >= 4 is 22.8 Å². The molecule has 0 radical (unpaired) electrons. The van der Waals surface area contributed by atoms with Gasteiger partial charge in [-0.3, -0.25) is 9.59 Å². The Hall–Kier alpha value is -2.30. The fraction of sp³-hybridized carbons (Fsp3) is 0.286. The molecular weight excluding hydrogens is 246 g/mol. The van der Waals surface area contributed by atoms with Crippen molar-refractivity contribution in [2.75, 3.05) is 13.1 Å². The van der Waals surface area contributed by atoms with E-state index in [9.17, 15) is 9.59 Å². The normalized spacial score (nSPS) is 10.6. The summed E-state index contributed by atoms with van der Waals surface area (Å²) in [7, 11) is 0. The number of likely N-dealkylation sites (N-methyl/N-ethyl adjacent to an activating group) is 1. The van der Waals surface area contributed by atoms with Gasteiger partial charge in [-0.1, -0.05) is 11.6 Å². The molecule has 0 spiro atoms. The highest BCUT2D eigenvalue weighted by Crippen LogP contribution is 2.21. The molecule has 0 saturated carbocycles. The first-order chi connectivity index (χ1) is 9.01. The Labute approximate surface area is 110 Å². The van der Waals surface area contributed by atoms with Gasteiger partial charge in [-0.05, 0) is 32.0 Å². The largest absolute Gasteiger partial charge is 0.480 e. The Morgan fingerprint density at radius 2 is 2.05 bits per heavy atom. The minimum absolute atomic E-state index is 0.170. The zero-order valence-corrected chi connectivity index (χ0v) is 10.8. The van der Waals surface area contributed by atoms with Gasteiger partial charge in [0.25, 0.3) is 5.91 Å². The van der Waals surface area contributed by atoms with Crippen LogP contribution in [-0.4, -0.2) is 35.0 Å². The van der Waals surface area contributed by atoms with Crippen LogP contribution in [0.5, 0.6) is 0 Å². The van der Waals surface area contributed by atoms with E-state index < -0.39 is 11.9 Å². The van der Waals surface area contributed by atoms with E-state index in [-0.39, 0.29) is 12.3 Å². The predicted molar refractivity (Wildman–Crippen MR) is 70.2 cm³/mol. The van der Waals surface area contributed by atoms with Crippen LogP contribution in [-0.2, 0) is 4.79 Å². The number of furan rings is 1. The monoisotopic (exact) mass is 261 g/mol. The standard InChI is InChI=1S/C14H15NO4/c1-3-15(8-13(16)17)14(18)12-7-10-6-9(2)4-5-11(10)19-12/h4-7H,3,8H2,1-2H3,(H,16,17). The number of fused-ring (bicyclic) bond motifs is 1. The SMILES string of the molecule is CCN(CC(=O)O)C(=O)c1cc2cc(C)ccc2o1. The van der Waals surface area contributed by atoms with E-state index in [1.54, 1.807) is 19.1 Å². The first kappa shape index (κ1) is 13.1. The van der Waals surface area contributed by atoms with Crippen LogP contribution in [0.1, 0.15) is 23.0 Å². The molecule has 1 aromatic carbocycles. The minimum Gasteiger partial charge on any atom is -0.480 e. The van der Waals surface area contributed by atoms with Crippen molar-refractivity contribution in [2.45, 2.75) is 13.8 Å². The van der Waals surface area contributed by atoms with Gasteiger partial charge in [0.2, 0.25) is 0 Å². The van der Waals surface area contributed by atoms with Crippen molar-refractivity contribution in [1.82, 2.24) is 4.90 Å². The Balaban J connectivity index is 2.32. The summed E-state index contributed by atoms with van der Waals surface area (Å²) in [4.78, 5) is 24.1. The second kappa shape index (κ2) is 5.14. The zero-order valence-electron chi connectivity index (χ0n) is 10.8. The number of amides is 1. The number of carboxylic acid groups (broad SMARTS) is 1. The molecule has 100 valence electrons. The van der Waals surface area contributed by atoms with Crippen molar-refractivity contribution in [1.29, 1.82) is 0 Å². The van der Waals surface area contributed by atoms with Gasteiger partial charge >= 0.3 is 5.97 Å². The molecule has 0 saturated heterocycles. The number of nitrogens with zero attached hydrogens (tertiary/aromatic N) is 1. The molecule has 19 heavy (non-hydrogen) atoms. The number of carbonyl (C=O) groups is 2. The summed E-state index contributed by atoms with van der Waals surface area (Å²) in [5.74, 6) is -1.27. The molecule has 1 N–H and O–H groups in total. The highest BCUT2D eigenvalue weighted by Gasteiger charge is 2.20. The van der Waals surface area contributed by atoms with Crippen LogP contribution in [0.2, 0.25) is 0 Å². The molecule has 2 aromatic rings. The molecule has 0 aliphatic heterocycles. The van der Waals surface area contributed by atoms with E-state index in [0.717, 1.165) is 10.9 Å². The second-order valence-electron chi connectivity index (χ2n) is 4.36. The van der Waals surface area contributed by atoms with Crippen molar-refractivity contribution in [3.8, 4) is 0 Å². The lowest BCUT2D eigenvalue weighted by Crippen LogP contribution is -2.35. The molecule has 2 rings (SSSR count). The van der Waals surface area contributed by atoms with E-state index in [1.165, 1.54) is 4.90 Å². The third kappa shape index (κ3) is 2.76. The maximum atomic E-state index is 12.1. The van der Waals surface area contributed by atoms with E-state index in [2.05, 4.69) is 0 Å². The molecular formula is C14H15NO4. The maximum Gasteiger partial charge on any atom is 0.323 e. The van der Waals surface area contributed by atoms with Crippen LogP contribution in [0.25, 0.3) is 11.0 Å². The van der Waals surface area contributed by atoms with Gasteiger partial charge in [0, 0.05) is 11.9 Å². The van der Waals surface area contributed by atoms with Crippen LogP contribution >= 0.6 is 0 Å². The maximum absolute atomic E-state index is 12.1. The predicted octanol–water partition coefficient (Wildman–Crippen LogP) is 2.29. The molecule has 0 unspecified atom stereocenters. The van der Waals surface area contributed by atoms with Crippen molar-refractivity contribution < 1.29 is 19.1 Å². The molecule has 0 aliphatic rings. The van der Waals surface area contributed by atoms with Gasteiger partial charge in [0.1, 0.15) is 12.1 Å². The van der Waals surface area contributed by atoms with Crippen LogP contribution in [0, 0.1) is 6.92 Å². The quantitative estimate of drug-likeness (QED) is 0.916. The summed E-state index contributed by atoms with van der Waals surface area (Å²) < 4.78 is 5.47. The van der Waals surface area contributed by atoms with Gasteiger partial charge in [-0.2, -0.15) is 0 Å². The lowest BCUT2D eigenvalue weighted by atomic mass is 10.2. The molecule has 0 atom stereocenters. The Bertz CT molecular complexity index is 629. The lowest BCUT2D eigenvalue weighted by Gasteiger charge is -2.16. The number of hydrogen-bond acceptors (Lipinski definition) is 3.